The molecule has 31 heavy (non-hydrogen) atoms. The Kier molecular flexibility index (Phi) is 5.18. The molecule has 168 valence electrons. The van der Waals surface area contributed by atoms with Gasteiger partial charge in [0.1, 0.15) is 9.15 Å². The van der Waals surface area contributed by atoms with Crippen LogP contribution in [0.15, 0.2) is 24.3 Å². The second kappa shape index (κ2) is 7.52. The summed E-state index contributed by atoms with van der Waals surface area (Å²) in [6, 6.07) is 8.25. The number of halogens is 1. The van der Waals surface area contributed by atoms with Crippen molar-refractivity contribution in [2.24, 2.45) is 11.8 Å². The topological polar surface area (TPSA) is 53.1 Å². The van der Waals surface area contributed by atoms with Gasteiger partial charge in [0, 0.05) is 30.9 Å². The highest BCUT2D eigenvalue weighted by atomic mass is 127. The largest absolute Gasteiger partial charge is 0.444 e. The molecule has 0 radical (unpaired) electrons. The third-order valence-electron chi connectivity index (χ3n) is 7.35. The average Bonchev–Trinajstić information content (AvgIpc) is 3.05. The van der Waals surface area contributed by atoms with E-state index >= 15 is 0 Å². The molecular formula is C24H32IN3O3. The van der Waals surface area contributed by atoms with Gasteiger partial charge in [-0.05, 0) is 82.6 Å². The maximum atomic E-state index is 13.1. The molecule has 2 bridgehead atoms. The van der Waals surface area contributed by atoms with E-state index in [-0.39, 0.29) is 21.6 Å². The quantitative estimate of drug-likeness (QED) is 0.317. The second-order valence-electron chi connectivity index (χ2n) is 10.7. The highest BCUT2D eigenvalue weighted by Crippen LogP contribution is 2.51. The molecule has 1 aromatic carbocycles. The molecule has 1 aliphatic carbocycles. The van der Waals surface area contributed by atoms with Gasteiger partial charge in [-0.15, -0.1) is 0 Å². The number of alkyl halides is 1. The van der Waals surface area contributed by atoms with E-state index in [1.165, 1.54) is 25.7 Å². The third kappa shape index (κ3) is 3.80. The smallest absolute Gasteiger partial charge is 0.410 e. The molecule has 4 saturated heterocycles. The van der Waals surface area contributed by atoms with Crippen LogP contribution in [-0.4, -0.2) is 63.2 Å². The Labute approximate surface area is 198 Å². The summed E-state index contributed by atoms with van der Waals surface area (Å²) in [6.45, 7) is 8.98. The summed E-state index contributed by atoms with van der Waals surface area (Å²) in [7, 11) is 0. The Morgan fingerprint density at radius 2 is 1.58 bits per heavy atom. The number of likely N-dealkylation sites (tertiary alicyclic amines) is 1. The number of fused-ring (bicyclic) bond motifs is 5. The third-order valence-corrected chi connectivity index (χ3v) is 8.99. The van der Waals surface area contributed by atoms with Crippen LogP contribution < -0.4 is 4.90 Å². The number of rotatable bonds is 2. The number of hydrogen-bond donors (Lipinski definition) is 0. The average molecular weight is 537 g/mol. The maximum Gasteiger partial charge on any atom is 0.410 e. The molecule has 1 unspecified atom stereocenters. The molecule has 2 atom stereocenters. The van der Waals surface area contributed by atoms with Gasteiger partial charge in [0.25, 0.3) is 5.91 Å². The molecule has 6 nitrogen and oxygen atoms in total. The van der Waals surface area contributed by atoms with E-state index in [0.717, 1.165) is 30.9 Å². The van der Waals surface area contributed by atoms with Crippen LogP contribution in [0.25, 0.3) is 0 Å². The minimum Gasteiger partial charge on any atom is -0.444 e. The predicted molar refractivity (Wildman–Crippen MR) is 129 cm³/mol. The zero-order chi connectivity index (χ0) is 22.0. The van der Waals surface area contributed by atoms with E-state index in [1.54, 1.807) is 0 Å². The number of amides is 2. The number of ether oxygens (including phenoxy) is 1. The fourth-order valence-corrected chi connectivity index (χ4v) is 6.93. The van der Waals surface area contributed by atoms with Gasteiger partial charge in [0.2, 0.25) is 0 Å². The zero-order valence-corrected chi connectivity index (χ0v) is 20.8. The minimum atomic E-state index is -0.473. The van der Waals surface area contributed by atoms with Crippen LogP contribution >= 0.6 is 22.6 Å². The summed E-state index contributed by atoms with van der Waals surface area (Å²) in [4.78, 5) is 31.8. The lowest BCUT2D eigenvalue weighted by atomic mass is 9.84. The van der Waals surface area contributed by atoms with Crippen molar-refractivity contribution in [1.29, 1.82) is 0 Å². The van der Waals surface area contributed by atoms with E-state index in [0.29, 0.717) is 18.4 Å². The Morgan fingerprint density at radius 1 is 1.00 bits per heavy atom. The van der Waals surface area contributed by atoms with Gasteiger partial charge in [-0.1, -0.05) is 22.6 Å². The maximum absolute atomic E-state index is 13.1. The minimum absolute atomic E-state index is 0.0792. The number of benzene rings is 1. The van der Waals surface area contributed by atoms with Crippen LogP contribution in [0.1, 0.15) is 56.8 Å². The molecule has 4 heterocycles. The SMILES string of the molecule is CC(C)(C)OC(=O)N1C[C@]2(I)C1CN2c1ccc(C(=O)N2CC3CCC(CC3)C2)cc1. The van der Waals surface area contributed by atoms with Crippen LogP contribution in [0.2, 0.25) is 0 Å². The van der Waals surface area contributed by atoms with Crippen LogP contribution in [-0.2, 0) is 4.74 Å². The number of carbonyl (C=O) groups excluding carboxylic acids is 2. The van der Waals surface area contributed by atoms with Gasteiger partial charge in [-0.3, -0.25) is 9.69 Å². The number of piperazine rings is 1. The molecule has 1 aromatic rings. The predicted octanol–water partition coefficient (Wildman–Crippen LogP) is 4.52. The van der Waals surface area contributed by atoms with E-state index in [9.17, 15) is 9.59 Å². The lowest BCUT2D eigenvalue weighted by Gasteiger charge is -2.68. The van der Waals surface area contributed by atoms with Crippen molar-refractivity contribution in [3.8, 4) is 0 Å². The molecule has 1 saturated carbocycles. The first kappa shape index (κ1) is 21.3. The van der Waals surface area contributed by atoms with Crippen LogP contribution in [0.3, 0.4) is 0 Å². The molecule has 0 spiro atoms. The van der Waals surface area contributed by atoms with Gasteiger partial charge < -0.3 is 14.5 Å². The first-order valence-corrected chi connectivity index (χ1v) is 12.6. The molecule has 0 aromatic heterocycles. The second-order valence-corrected chi connectivity index (χ2v) is 12.6. The molecule has 6 rings (SSSR count). The van der Waals surface area contributed by atoms with Gasteiger partial charge in [0.15, 0.2) is 0 Å². The Bertz CT molecular complexity index is 861. The van der Waals surface area contributed by atoms with Gasteiger partial charge in [-0.2, -0.15) is 0 Å². The Balaban J connectivity index is 1.22. The first-order valence-electron chi connectivity index (χ1n) is 11.5. The van der Waals surface area contributed by atoms with E-state index in [1.807, 2.05) is 37.8 Å². The van der Waals surface area contributed by atoms with Gasteiger partial charge in [-0.25, -0.2) is 4.79 Å². The van der Waals surface area contributed by atoms with Crippen molar-refractivity contribution < 1.29 is 14.3 Å². The van der Waals surface area contributed by atoms with Crippen molar-refractivity contribution in [2.45, 2.75) is 61.6 Å². The first-order chi connectivity index (χ1) is 14.6. The molecule has 7 heteroatoms. The monoisotopic (exact) mass is 537 g/mol. The van der Waals surface area contributed by atoms with E-state index in [4.69, 9.17) is 4.74 Å². The molecule has 4 aliphatic heterocycles. The summed E-state index contributed by atoms with van der Waals surface area (Å²) in [5, 5.41) is 0. The lowest BCUT2D eigenvalue weighted by Crippen LogP contribution is -2.86. The molecule has 5 fully saturated rings. The standard InChI is InChI=1S/C24H32IN3O3/c1-23(2,3)31-22(30)27-15-24(25)20(27)14-28(24)19-10-8-18(9-11-19)21(29)26-12-16-4-5-17(13-26)7-6-16/h8-11,16-17,20H,4-7,12-15H2,1-3H3/t16?,17?,20?,24-/m1/s1. The summed E-state index contributed by atoms with van der Waals surface area (Å²) in [5.41, 5.74) is 1.43. The summed E-state index contributed by atoms with van der Waals surface area (Å²) in [5.74, 6) is 1.55. The summed E-state index contributed by atoms with van der Waals surface area (Å²) in [6.07, 6.45) is 4.89. The molecule has 0 N–H and O–H groups in total. The van der Waals surface area contributed by atoms with Crippen molar-refractivity contribution >= 4 is 40.3 Å². The fourth-order valence-electron chi connectivity index (χ4n) is 5.56. The number of hydrogen-bond acceptors (Lipinski definition) is 4. The van der Waals surface area contributed by atoms with E-state index in [2.05, 4.69) is 44.5 Å². The van der Waals surface area contributed by atoms with Crippen molar-refractivity contribution in [2.75, 3.05) is 31.1 Å². The number of nitrogens with zero attached hydrogens (tertiary/aromatic N) is 3. The van der Waals surface area contributed by atoms with Crippen LogP contribution in [0.5, 0.6) is 0 Å². The van der Waals surface area contributed by atoms with Crippen LogP contribution in [0, 0.1) is 11.8 Å². The van der Waals surface area contributed by atoms with Crippen molar-refractivity contribution in [1.82, 2.24) is 9.80 Å². The van der Waals surface area contributed by atoms with Gasteiger partial charge in [0.05, 0.1) is 12.6 Å². The van der Waals surface area contributed by atoms with Crippen LogP contribution in [0.4, 0.5) is 10.5 Å². The van der Waals surface area contributed by atoms with Crippen molar-refractivity contribution in [3.05, 3.63) is 29.8 Å². The Hall–Kier alpha value is -1.51. The molecular weight excluding hydrogens is 505 g/mol. The highest BCUT2D eigenvalue weighted by Gasteiger charge is 2.65. The normalized spacial score (nSPS) is 32.0. The fraction of sp³-hybridized carbons (Fsp3) is 0.667. The molecule has 5 aliphatic rings. The Morgan fingerprint density at radius 3 is 2.06 bits per heavy atom. The zero-order valence-electron chi connectivity index (χ0n) is 18.6. The van der Waals surface area contributed by atoms with Gasteiger partial charge >= 0.3 is 6.09 Å². The summed E-state index contributed by atoms with van der Waals surface area (Å²) < 4.78 is 5.45. The van der Waals surface area contributed by atoms with Crippen molar-refractivity contribution in [3.63, 3.8) is 0 Å². The van der Waals surface area contributed by atoms with E-state index < -0.39 is 5.60 Å². The highest BCUT2D eigenvalue weighted by molar-refractivity contribution is 14.1. The number of carbonyl (C=O) groups is 2. The number of anilines is 1. The lowest BCUT2D eigenvalue weighted by molar-refractivity contribution is -0.0359. The molecule has 2 amide bonds. The summed E-state index contributed by atoms with van der Waals surface area (Å²) >= 11 is 2.47.